The van der Waals surface area contributed by atoms with Gasteiger partial charge in [0, 0.05) is 27.2 Å². The highest BCUT2D eigenvalue weighted by Gasteiger charge is 2.30. The van der Waals surface area contributed by atoms with Crippen LogP contribution in [-0.2, 0) is 26.6 Å². The average Bonchev–Trinajstić information content (AvgIpc) is 3.49. The van der Waals surface area contributed by atoms with E-state index in [-0.39, 0.29) is 27.1 Å². The van der Waals surface area contributed by atoms with Crippen LogP contribution in [0.4, 0.5) is 5.69 Å². The summed E-state index contributed by atoms with van der Waals surface area (Å²) in [5.41, 5.74) is 0.244. The van der Waals surface area contributed by atoms with Gasteiger partial charge in [-0.25, -0.2) is 17.9 Å². The van der Waals surface area contributed by atoms with E-state index in [0.29, 0.717) is 24.5 Å². The fraction of sp³-hybridized carbons (Fsp3) is 0.320. The van der Waals surface area contributed by atoms with Crippen molar-refractivity contribution in [2.24, 2.45) is 7.05 Å². The van der Waals surface area contributed by atoms with Crippen molar-refractivity contribution in [1.82, 2.24) is 14.3 Å². The molecule has 0 N–H and O–H groups in total. The molecule has 1 aliphatic rings. The molecule has 2 heterocycles. The van der Waals surface area contributed by atoms with Crippen molar-refractivity contribution in [3.8, 4) is 5.69 Å². The van der Waals surface area contributed by atoms with Crippen LogP contribution in [0.1, 0.15) is 28.9 Å². The Labute approximate surface area is 219 Å². The Hall–Kier alpha value is -3.57. The number of benzene rings is 2. The lowest BCUT2D eigenvalue weighted by Gasteiger charge is -2.19. The molecule has 1 saturated heterocycles. The smallest absolute Gasteiger partial charge is 0.340 e. The van der Waals surface area contributed by atoms with Gasteiger partial charge in [0.05, 0.1) is 26.9 Å². The Kier molecular flexibility index (Phi) is 7.47. The van der Waals surface area contributed by atoms with Crippen molar-refractivity contribution in [3.63, 3.8) is 0 Å². The number of para-hydroxylation sites is 1. The molecule has 2 aromatic carbocycles. The van der Waals surface area contributed by atoms with Crippen molar-refractivity contribution >= 4 is 39.2 Å². The monoisotopic (exact) mass is 546 g/mol. The molecule has 4 rings (SSSR count). The van der Waals surface area contributed by atoms with Gasteiger partial charge in [-0.1, -0.05) is 29.8 Å². The SMILES string of the molecule is Cc1c(N(C)S(=O)(=O)c2ccc(Cl)c(C(=O)OCC(=O)N3CCCC3)c2)c(=O)n(-c2ccccc2)n1C. The first-order chi connectivity index (χ1) is 17.5. The lowest BCUT2D eigenvalue weighted by molar-refractivity contribution is -0.133. The third-order valence-electron chi connectivity index (χ3n) is 6.44. The summed E-state index contributed by atoms with van der Waals surface area (Å²) in [5.74, 6) is -1.24. The molecule has 0 radical (unpaired) electrons. The van der Waals surface area contributed by atoms with E-state index in [2.05, 4.69) is 0 Å². The molecule has 3 aromatic rings. The van der Waals surface area contributed by atoms with Crippen LogP contribution >= 0.6 is 11.6 Å². The number of hydrogen-bond donors (Lipinski definition) is 0. The Morgan fingerprint density at radius 3 is 2.38 bits per heavy atom. The van der Waals surface area contributed by atoms with Crippen molar-refractivity contribution in [3.05, 3.63) is 75.2 Å². The highest BCUT2D eigenvalue weighted by atomic mass is 35.5. The fourth-order valence-electron chi connectivity index (χ4n) is 4.28. The molecule has 1 fully saturated rings. The lowest BCUT2D eigenvalue weighted by Crippen LogP contribution is -2.32. The molecule has 0 unspecified atom stereocenters. The zero-order valence-corrected chi connectivity index (χ0v) is 22.3. The van der Waals surface area contributed by atoms with Crippen LogP contribution in [-0.4, -0.2) is 61.3 Å². The topological polar surface area (TPSA) is 111 Å². The number of halogens is 1. The van der Waals surface area contributed by atoms with E-state index in [1.165, 1.54) is 23.9 Å². The van der Waals surface area contributed by atoms with Gasteiger partial charge in [-0.05, 0) is 50.1 Å². The van der Waals surface area contributed by atoms with Crippen LogP contribution in [0.3, 0.4) is 0 Å². The number of nitrogens with zero attached hydrogens (tertiary/aromatic N) is 4. The van der Waals surface area contributed by atoms with Gasteiger partial charge in [0.25, 0.3) is 21.5 Å². The Balaban J connectivity index is 1.63. The fourth-order valence-corrected chi connectivity index (χ4v) is 5.75. The highest BCUT2D eigenvalue weighted by molar-refractivity contribution is 7.92. The second-order valence-corrected chi connectivity index (χ2v) is 11.1. The van der Waals surface area contributed by atoms with E-state index in [4.69, 9.17) is 16.3 Å². The van der Waals surface area contributed by atoms with E-state index >= 15 is 0 Å². The Morgan fingerprint density at radius 2 is 1.73 bits per heavy atom. The number of amides is 1. The molecule has 196 valence electrons. The number of hydrogen-bond acceptors (Lipinski definition) is 6. The van der Waals surface area contributed by atoms with Gasteiger partial charge in [-0.3, -0.25) is 18.6 Å². The number of carbonyl (C=O) groups is 2. The number of rotatable bonds is 7. The quantitative estimate of drug-likeness (QED) is 0.421. The Bertz CT molecular complexity index is 1510. The molecule has 1 aliphatic heterocycles. The molecule has 0 atom stereocenters. The van der Waals surface area contributed by atoms with E-state index in [0.717, 1.165) is 23.2 Å². The predicted octanol–water partition coefficient (Wildman–Crippen LogP) is 2.74. The van der Waals surface area contributed by atoms with Crippen molar-refractivity contribution in [1.29, 1.82) is 0 Å². The van der Waals surface area contributed by atoms with Gasteiger partial charge in [0.15, 0.2) is 6.61 Å². The maximum atomic E-state index is 13.5. The minimum absolute atomic E-state index is 0.0254. The van der Waals surface area contributed by atoms with Gasteiger partial charge >= 0.3 is 5.97 Å². The predicted molar refractivity (Wildman–Crippen MR) is 139 cm³/mol. The van der Waals surface area contributed by atoms with E-state index in [9.17, 15) is 22.8 Å². The van der Waals surface area contributed by atoms with Crippen LogP contribution in [0.15, 0.2) is 58.2 Å². The first-order valence-corrected chi connectivity index (χ1v) is 13.4. The van der Waals surface area contributed by atoms with Crippen molar-refractivity contribution in [2.45, 2.75) is 24.7 Å². The average molecular weight is 547 g/mol. The molecule has 0 bridgehead atoms. The minimum Gasteiger partial charge on any atom is -0.452 e. The van der Waals surface area contributed by atoms with Gasteiger partial charge in [0.2, 0.25) is 0 Å². The molecular weight excluding hydrogens is 520 g/mol. The summed E-state index contributed by atoms with van der Waals surface area (Å²) >= 11 is 6.16. The summed E-state index contributed by atoms with van der Waals surface area (Å²) in [5, 5.41) is -0.0254. The second-order valence-electron chi connectivity index (χ2n) is 8.69. The van der Waals surface area contributed by atoms with Crippen LogP contribution < -0.4 is 9.86 Å². The highest BCUT2D eigenvalue weighted by Crippen LogP contribution is 2.27. The van der Waals surface area contributed by atoms with Gasteiger partial charge in [0.1, 0.15) is 5.69 Å². The normalized spacial score (nSPS) is 13.6. The summed E-state index contributed by atoms with van der Waals surface area (Å²) in [6.07, 6.45) is 1.80. The summed E-state index contributed by atoms with van der Waals surface area (Å²) in [6, 6.07) is 12.4. The number of ether oxygens (including phenoxy) is 1. The summed E-state index contributed by atoms with van der Waals surface area (Å²) in [6.45, 7) is 2.41. The molecule has 0 saturated carbocycles. The van der Waals surface area contributed by atoms with Crippen LogP contribution in [0.5, 0.6) is 0 Å². The van der Waals surface area contributed by atoms with E-state index < -0.39 is 28.2 Å². The van der Waals surface area contributed by atoms with Crippen LogP contribution in [0.2, 0.25) is 5.02 Å². The van der Waals surface area contributed by atoms with Gasteiger partial charge in [-0.15, -0.1) is 0 Å². The van der Waals surface area contributed by atoms with Crippen molar-refractivity contribution in [2.75, 3.05) is 31.0 Å². The number of anilines is 1. The number of aromatic nitrogens is 2. The first-order valence-electron chi connectivity index (χ1n) is 11.6. The largest absolute Gasteiger partial charge is 0.452 e. The van der Waals surface area contributed by atoms with Gasteiger partial charge in [-0.2, -0.15) is 0 Å². The van der Waals surface area contributed by atoms with Crippen molar-refractivity contribution < 1.29 is 22.7 Å². The summed E-state index contributed by atoms with van der Waals surface area (Å²) in [7, 11) is -1.34. The molecule has 10 nitrogen and oxygen atoms in total. The lowest BCUT2D eigenvalue weighted by atomic mass is 10.2. The summed E-state index contributed by atoms with van der Waals surface area (Å²) in [4.78, 5) is 39.6. The summed E-state index contributed by atoms with van der Waals surface area (Å²) < 4.78 is 36.0. The molecule has 0 spiro atoms. The van der Waals surface area contributed by atoms with E-state index in [1.54, 1.807) is 47.8 Å². The molecule has 1 amide bonds. The van der Waals surface area contributed by atoms with E-state index in [1.807, 2.05) is 6.07 Å². The van der Waals surface area contributed by atoms with Crippen LogP contribution in [0, 0.1) is 6.92 Å². The standard InChI is InChI=1S/C25H27ClN4O6S/c1-17-23(24(32)30(27(17)2)18-9-5-4-6-10-18)28(3)37(34,35)19-11-12-21(26)20(15-19)25(33)36-16-22(31)29-13-7-8-14-29/h4-6,9-12,15H,7-8,13-14,16H2,1-3H3. The number of likely N-dealkylation sites (tertiary alicyclic amines) is 1. The molecule has 0 aliphatic carbocycles. The third-order valence-corrected chi connectivity index (χ3v) is 8.52. The maximum absolute atomic E-state index is 13.5. The number of sulfonamides is 1. The number of esters is 1. The third kappa shape index (κ3) is 5.01. The second kappa shape index (κ2) is 10.4. The van der Waals surface area contributed by atoms with Crippen LogP contribution in [0.25, 0.3) is 5.69 Å². The zero-order chi connectivity index (χ0) is 26.9. The number of carbonyl (C=O) groups excluding carboxylic acids is 2. The molecule has 37 heavy (non-hydrogen) atoms. The van der Waals surface area contributed by atoms with Gasteiger partial charge < -0.3 is 9.64 Å². The molecule has 1 aromatic heterocycles. The minimum atomic E-state index is -4.27. The molecular formula is C25H27ClN4O6S. The first kappa shape index (κ1) is 26.5. The maximum Gasteiger partial charge on any atom is 0.340 e. The zero-order valence-electron chi connectivity index (χ0n) is 20.7. The molecule has 12 heteroatoms. The Morgan fingerprint density at radius 1 is 1.08 bits per heavy atom.